The first-order valence-corrected chi connectivity index (χ1v) is 6.82. The molecule has 0 saturated carbocycles. The number of nitrogens with zero attached hydrogens (tertiary/aromatic N) is 2. The zero-order valence-electron chi connectivity index (χ0n) is 11.9. The molecule has 0 aromatic heterocycles. The van der Waals surface area contributed by atoms with Crippen LogP contribution in [0.2, 0.25) is 0 Å². The van der Waals surface area contributed by atoms with E-state index in [9.17, 15) is 10.1 Å². The van der Waals surface area contributed by atoms with Crippen LogP contribution in [0.4, 0.5) is 0 Å². The normalized spacial score (nSPS) is 12.0. The van der Waals surface area contributed by atoms with Gasteiger partial charge in [-0.25, -0.2) is 9.79 Å². The number of isocyanates is 1. The molecule has 2 rings (SSSR count). The molecule has 0 heterocycles. The summed E-state index contributed by atoms with van der Waals surface area (Å²) in [5, 5.41) is 9.91. The number of hydrogen-bond donors (Lipinski definition) is 0. The Morgan fingerprint density at radius 1 is 1.05 bits per heavy atom. The summed E-state index contributed by atoms with van der Waals surface area (Å²) in [4.78, 5) is 14.2. The van der Waals surface area contributed by atoms with Gasteiger partial charge in [-0.05, 0) is 24.5 Å². The molecule has 1 atom stereocenters. The van der Waals surface area contributed by atoms with Crippen molar-refractivity contribution in [1.82, 2.24) is 0 Å². The van der Waals surface area contributed by atoms with E-state index >= 15 is 0 Å². The molecule has 3 nitrogen and oxygen atoms in total. The standard InChI is InChI=1S/C18H16N2O/c1-15(20-14-21)12-18(13-19,16-8-4-2-5-9-16)17-10-6-3-7-11-17/h2-11,15H,12H2,1H3. The fourth-order valence-electron chi connectivity index (χ4n) is 2.60. The Balaban J connectivity index is 2.57. The lowest BCUT2D eigenvalue weighted by molar-refractivity contribution is 0.515. The number of benzene rings is 2. The first-order valence-electron chi connectivity index (χ1n) is 6.82. The molecule has 104 valence electrons. The minimum atomic E-state index is -0.817. The summed E-state index contributed by atoms with van der Waals surface area (Å²) in [5.41, 5.74) is 1.00. The third-order valence-electron chi connectivity index (χ3n) is 3.60. The monoisotopic (exact) mass is 276 g/mol. The van der Waals surface area contributed by atoms with Crippen molar-refractivity contribution in [3.63, 3.8) is 0 Å². The fourth-order valence-corrected chi connectivity index (χ4v) is 2.60. The maximum Gasteiger partial charge on any atom is 0.235 e. The van der Waals surface area contributed by atoms with Gasteiger partial charge in [0, 0.05) is 0 Å². The SMILES string of the molecule is CC(CC(C#N)(c1ccccc1)c1ccccc1)N=C=O. The molecule has 2 aromatic carbocycles. The van der Waals surface area contributed by atoms with Crippen LogP contribution in [0.15, 0.2) is 65.7 Å². The highest BCUT2D eigenvalue weighted by molar-refractivity contribution is 5.46. The highest BCUT2D eigenvalue weighted by Gasteiger charge is 2.36. The summed E-state index contributed by atoms with van der Waals surface area (Å²) in [6.45, 7) is 1.82. The van der Waals surface area contributed by atoms with Gasteiger partial charge < -0.3 is 0 Å². The van der Waals surface area contributed by atoms with E-state index in [1.54, 1.807) is 6.08 Å². The van der Waals surface area contributed by atoms with Gasteiger partial charge in [-0.15, -0.1) is 0 Å². The van der Waals surface area contributed by atoms with Gasteiger partial charge in [0.05, 0.1) is 12.1 Å². The molecule has 0 spiro atoms. The van der Waals surface area contributed by atoms with E-state index in [0.29, 0.717) is 6.42 Å². The van der Waals surface area contributed by atoms with E-state index in [2.05, 4.69) is 11.1 Å². The minimum Gasteiger partial charge on any atom is -0.211 e. The second-order valence-corrected chi connectivity index (χ2v) is 5.02. The second kappa shape index (κ2) is 6.65. The van der Waals surface area contributed by atoms with Crippen LogP contribution in [0.5, 0.6) is 0 Å². The predicted octanol–water partition coefficient (Wildman–Crippen LogP) is 3.61. The van der Waals surface area contributed by atoms with Crippen LogP contribution >= 0.6 is 0 Å². The van der Waals surface area contributed by atoms with E-state index in [4.69, 9.17) is 0 Å². The first-order chi connectivity index (χ1) is 10.2. The first kappa shape index (κ1) is 14.7. The van der Waals surface area contributed by atoms with Crippen molar-refractivity contribution in [3.8, 4) is 6.07 Å². The highest BCUT2D eigenvalue weighted by Crippen LogP contribution is 2.36. The van der Waals surface area contributed by atoms with E-state index in [1.807, 2.05) is 67.6 Å². The Hall–Kier alpha value is -2.69. The summed E-state index contributed by atoms with van der Waals surface area (Å²) in [5.74, 6) is 0. The Kier molecular flexibility index (Phi) is 4.66. The molecule has 0 amide bonds. The van der Waals surface area contributed by atoms with Crippen molar-refractivity contribution in [3.05, 3.63) is 71.8 Å². The van der Waals surface area contributed by atoms with Gasteiger partial charge in [-0.3, -0.25) is 0 Å². The summed E-state index contributed by atoms with van der Waals surface area (Å²) in [6, 6.07) is 21.4. The lowest BCUT2D eigenvalue weighted by Crippen LogP contribution is -2.29. The van der Waals surface area contributed by atoms with E-state index < -0.39 is 5.41 Å². The van der Waals surface area contributed by atoms with Crippen LogP contribution in [-0.2, 0) is 10.2 Å². The second-order valence-electron chi connectivity index (χ2n) is 5.02. The maximum atomic E-state index is 10.5. The number of carbonyl (C=O) groups excluding carboxylic acids is 1. The maximum absolute atomic E-state index is 10.5. The molecule has 2 aromatic rings. The molecule has 0 fully saturated rings. The summed E-state index contributed by atoms with van der Waals surface area (Å²) < 4.78 is 0. The van der Waals surface area contributed by atoms with Crippen molar-refractivity contribution in [1.29, 1.82) is 5.26 Å². The Labute approximate surface area is 124 Å². The quantitative estimate of drug-likeness (QED) is 0.618. The topological polar surface area (TPSA) is 53.2 Å². The largest absolute Gasteiger partial charge is 0.235 e. The zero-order valence-corrected chi connectivity index (χ0v) is 11.9. The smallest absolute Gasteiger partial charge is 0.211 e. The van der Waals surface area contributed by atoms with Gasteiger partial charge in [0.2, 0.25) is 6.08 Å². The Morgan fingerprint density at radius 2 is 1.52 bits per heavy atom. The van der Waals surface area contributed by atoms with Crippen molar-refractivity contribution in [2.45, 2.75) is 24.8 Å². The lowest BCUT2D eigenvalue weighted by atomic mass is 9.72. The molecule has 0 aliphatic rings. The average molecular weight is 276 g/mol. The van der Waals surface area contributed by atoms with Gasteiger partial charge in [0.15, 0.2) is 0 Å². The molecule has 1 unspecified atom stereocenters. The zero-order chi connectivity index (χ0) is 15.1. The van der Waals surface area contributed by atoms with Crippen molar-refractivity contribution >= 4 is 6.08 Å². The molecule has 3 heteroatoms. The Bertz CT molecular complexity index is 628. The number of hydrogen-bond acceptors (Lipinski definition) is 3. The number of nitriles is 1. The third kappa shape index (κ3) is 3.08. The molecule has 0 saturated heterocycles. The van der Waals surface area contributed by atoms with Crippen LogP contribution in [0.3, 0.4) is 0 Å². The van der Waals surface area contributed by atoms with Crippen molar-refractivity contribution in [2.75, 3.05) is 0 Å². The fraction of sp³-hybridized carbons (Fsp3) is 0.222. The molecule has 0 aliphatic carbocycles. The molecule has 0 aliphatic heterocycles. The van der Waals surface area contributed by atoms with E-state index in [1.165, 1.54) is 0 Å². The molecule has 0 N–H and O–H groups in total. The van der Waals surface area contributed by atoms with Gasteiger partial charge in [0.1, 0.15) is 5.41 Å². The van der Waals surface area contributed by atoms with Crippen molar-refractivity contribution in [2.24, 2.45) is 4.99 Å². The van der Waals surface area contributed by atoms with Crippen LogP contribution in [-0.4, -0.2) is 12.1 Å². The minimum absolute atomic E-state index is 0.275. The summed E-state index contributed by atoms with van der Waals surface area (Å²) >= 11 is 0. The highest BCUT2D eigenvalue weighted by atomic mass is 16.1. The number of rotatable bonds is 5. The molecular formula is C18H16N2O. The average Bonchev–Trinajstić information content (AvgIpc) is 2.54. The lowest BCUT2D eigenvalue weighted by Gasteiger charge is -2.29. The van der Waals surface area contributed by atoms with Gasteiger partial charge >= 0.3 is 0 Å². The molecule has 0 radical (unpaired) electrons. The van der Waals surface area contributed by atoms with Crippen LogP contribution < -0.4 is 0 Å². The summed E-state index contributed by atoms with van der Waals surface area (Å²) in [7, 11) is 0. The van der Waals surface area contributed by atoms with Crippen LogP contribution in [0.25, 0.3) is 0 Å². The molecule has 21 heavy (non-hydrogen) atoms. The summed E-state index contributed by atoms with van der Waals surface area (Å²) in [6.07, 6.45) is 2.02. The molecular weight excluding hydrogens is 260 g/mol. The molecule has 0 bridgehead atoms. The van der Waals surface area contributed by atoms with Crippen LogP contribution in [0.1, 0.15) is 24.5 Å². The van der Waals surface area contributed by atoms with Gasteiger partial charge in [0.25, 0.3) is 0 Å². The van der Waals surface area contributed by atoms with Crippen LogP contribution in [0, 0.1) is 11.3 Å². The van der Waals surface area contributed by atoms with Gasteiger partial charge in [-0.2, -0.15) is 5.26 Å². The van der Waals surface area contributed by atoms with Crippen molar-refractivity contribution < 1.29 is 4.79 Å². The predicted molar refractivity (Wildman–Crippen MR) is 81.5 cm³/mol. The van der Waals surface area contributed by atoms with Gasteiger partial charge in [-0.1, -0.05) is 60.7 Å². The van der Waals surface area contributed by atoms with E-state index in [0.717, 1.165) is 11.1 Å². The number of aliphatic imine (C=N–C) groups is 1. The Morgan fingerprint density at radius 3 is 1.90 bits per heavy atom. The van der Waals surface area contributed by atoms with E-state index in [-0.39, 0.29) is 6.04 Å². The third-order valence-corrected chi connectivity index (χ3v) is 3.60.